The molecule has 1 aromatic heterocycles. The van der Waals surface area contributed by atoms with E-state index in [4.69, 9.17) is 0 Å². The summed E-state index contributed by atoms with van der Waals surface area (Å²) < 4.78 is 1.93. The summed E-state index contributed by atoms with van der Waals surface area (Å²) in [5.74, 6) is -0.152. The number of piperidine rings is 1. The highest BCUT2D eigenvalue weighted by atomic mass is 35.5. The molecule has 1 unspecified atom stereocenters. The molecule has 2 aromatic carbocycles. The Balaban J connectivity index is 0.00000256. The fourth-order valence-electron chi connectivity index (χ4n) is 3.99. The van der Waals surface area contributed by atoms with Crippen LogP contribution in [0.25, 0.3) is 0 Å². The maximum atomic E-state index is 13.1. The molecule has 1 aliphatic rings. The van der Waals surface area contributed by atoms with Gasteiger partial charge in [-0.25, -0.2) is 0 Å². The van der Waals surface area contributed by atoms with Crippen molar-refractivity contribution in [2.45, 2.75) is 38.8 Å². The van der Waals surface area contributed by atoms with Gasteiger partial charge in [0.15, 0.2) is 0 Å². The second kappa shape index (κ2) is 9.92. The number of halogens is 1. The molecule has 2 N–H and O–H groups in total. The first-order valence-corrected chi connectivity index (χ1v) is 10.3. The molecule has 1 atom stereocenters. The molecule has 0 saturated carbocycles. The predicted molar refractivity (Wildman–Crippen MR) is 122 cm³/mol. The Bertz CT molecular complexity index is 949. The SMILES string of the molecule is Cc1cccc(C(NC(=O)c2ccn(C3CCCNC3)n2)c2cccc(C)c2)c1.Cl. The number of hydrogen-bond acceptors (Lipinski definition) is 3. The first-order valence-electron chi connectivity index (χ1n) is 10.3. The fraction of sp³-hybridized carbons (Fsp3) is 0.333. The van der Waals surface area contributed by atoms with Crippen molar-refractivity contribution in [3.8, 4) is 0 Å². The van der Waals surface area contributed by atoms with Gasteiger partial charge in [-0.2, -0.15) is 5.10 Å². The zero-order chi connectivity index (χ0) is 20.2. The highest BCUT2D eigenvalue weighted by Crippen LogP contribution is 2.24. The van der Waals surface area contributed by atoms with Gasteiger partial charge in [-0.3, -0.25) is 9.48 Å². The van der Waals surface area contributed by atoms with E-state index >= 15 is 0 Å². The molecular weight excluding hydrogens is 396 g/mol. The molecule has 1 amide bonds. The quantitative estimate of drug-likeness (QED) is 0.639. The number of amides is 1. The lowest BCUT2D eigenvalue weighted by Gasteiger charge is -2.23. The molecule has 30 heavy (non-hydrogen) atoms. The third-order valence-corrected chi connectivity index (χ3v) is 5.51. The van der Waals surface area contributed by atoms with Crippen LogP contribution in [0.5, 0.6) is 0 Å². The topological polar surface area (TPSA) is 59.0 Å². The van der Waals surface area contributed by atoms with Crippen LogP contribution in [0.4, 0.5) is 0 Å². The molecule has 0 spiro atoms. The molecular formula is C24H29ClN4O. The number of carbonyl (C=O) groups is 1. The lowest BCUT2D eigenvalue weighted by Crippen LogP contribution is -2.32. The number of nitrogens with one attached hydrogen (secondary N) is 2. The van der Waals surface area contributed by atoms with Gasteiger partial charge < -0.3 is 10.6 Å². The van der Waals surface area contributed by atoms with Crippen LogP contribution < -0.4 is 10.6 Å². The summed E-state index contributed by atoms with van der Waals surface area (Å²) in [5, 5.41) is 11.2. The number of aryl methyl sites for hydroxylation is 2. The van der Waals surface area contributed by atoms with Crippen LogP contribution in [0.15, 0.2) is 60.8 Å². The van der Waals surface area contributed by atoms with Crippen LogP contribution in [-0.2, 0) is 0 Å². The molecule has 1 fully saturated rings. The van der Waals surface area contributed by atoms with Crippen LogP contribution in [0, 0.1) is 13.8 Å². The van der Waals surface area contributed by atoms with E-state index in [-0.39, 0.29) is 24.4 Å². The lowest BCUT2D eigenvalue weighted by atomic mass is 9.96. The predicted octanol–water partition coefficient (Wildman–Crippen LogP) is 4.37. The summed E-state index contributed by atoms with van der Waals surface area (Å²) in [6.45, 7) is 6.09. The first kappa shape index (κ1) is 22.1. The second-order valence-electron chi connectivity index (χ2n) is 7.92. The Kier molecular flexibility index (Phi) is 7.29. The molecule has 3 aromatic rings. The second-order valence-corrected chi connectivity index (χ2v) is 7.92. The van der Waals surface area contributed by atoms with E-state index < -0.39 is 0 Å². The summed E-state index contributed by atoms with van der Waals surface area (Å²) in [4.78, 5) is 13.1. The first-order chi connectivity index (χ1) is 14.1. The number of aromatic nitrogens is 2. The monoisotopic (exact) mass is 424 g/mol. The van der Waals surface area contributed by atoms with Gasteiger partial charge in [0.1, 0.15) is 5.69 Å². The van der Waals surface area contributed by atoms with Crippen molar-refractivity contribution in [2.24, 2.45) is 0 Å². The summed E-state index contributed by atoms with van der Waals surface area (Å²) in [6.07, 6.45) is 4.14. The minimum Gasteiger partial charge on any atom is -0.340 e. The van der Waals surface area contributed by atoms with Gasteiger partial charge in [0.25, 0.3) is 5.91 Å². The Morgan fingerprint density at radius 3 is 2.33 bits per heavy atom. The van der Waals surface area contributed by atoms with Crippen LogP contribution >= 0.6 is 12.4 Å². The molecule has 158 valence electrons. The summed E-state index contributed by atoms with van der Waals surface area (Å²) in [7, 11) is 0. The van der Waals surface area contributed by atoms with Gasteiger partial charge in [-0.15, -0.1) is 12.4 Å². The van der Waals surface area contributed by atoms with Gasteiger partial charge in [0.05, 0.1) is 12.1 Å². The minimum atomic E-state index is -0.219. The van der Waals surface area contributed by atoms with Crippen molar-refractivity contribution >= 4 is 18.3 Å². The Morgan fingerprint density at radius 1 is 1.10 bits per heavy atom. The van der Waals surface area contributed by atoms with Crippen LogP contribution in [0.2, 0.25) is 0 Å². The average molecular weight is 425 g/mol. The highest BCUT2D eigenvalue weighted by molar-refractivity contribution is 5.92. The number of rotatable bonds is 5. The zero-order valence-corrected chi connectivity index (χ0v) is 18.3. The molecule has 2 heterocycles. The van der Waals surface area contributed by atoms with Crippen molar-refractivity contribution in [1.29, 1.82) is 0 Å². The van der Waals surface area contributed by atoms with Crippen LogP contribution in [0.1, 0.15) is 57.7 Å². The van der Waals surface area contributed by atoms with Gasteiger partial charge in [-0.05, 0) is 50.4 Å². The van der Waals surface area contributed by atoms with E-state index in [2.05, 4.69) is 66.0 Å². The summed E-state index contributed by atoms with van der Waals surface area (Å²) in [5.41, 5.74) is 4.94. The maximum absolute atomic E-state index is 13.1. The summed E-state index contributed by atoms with van der Waals surface area (Å²) in [6, 6.07) is 18.5. The third kappa shape index (κ3) is 5.10. The molecule has 4 rings (SSSR count). The van der Waals surface area contributed by atoms with Gasteiger partial charge in [0.2, 0.25) is 0 Å². The molecule has 1 saturated heterocycles. The van der Waals surface area contributed by atoms with E-state index in [9.17, 15) is 4.79 Å². The number of carbonyl (C=O) groups excluding carboxylic acids is 1. The standard InChI is InChI=1S/C24H28N4O.ClH/c1-17-6-3-8-19(14-17)23(20-9-4-7-18(2)15-20)26-24(29)22-11-13-28(27-22)21-10-5-12-25-16-21;/h3-4,6-9,11,13-15,21,23,25H,5,10,12,16H2,1-2H3,(H,26,29);1H. The molecule has 1 aliphatic heterocycles. The number of benzene rings is 2. The lowest BCUT2D eigenvalue weighted by molar-refractivity contribution is 0.0936. The maximum Gasteiger partial charge on any atom is 0.272 e. The smallest absolute Gasteiger partial charge is 0.272 e. The van der Waals surface area contributed by atoms with Gasteiger partial charge in [0, 0.05) is 12.7 Å². The summed E-state index contributed by atoms with van der Waals surface area (Å²) >= 11 is 0. The largest absolute Gasteiger partial charge is 0.340 e. The molecule has 0 aliphatic carbocycles. The Morgan fingerprint density at radius 2 is 1.77 bits per heavy atom. The Hall–Kier alpha value is -2.63. The Labute approximate surface area is 184 Å². The molecule has 5 nitrogen and oxygen atoms in total. The van der Waals surface area contributed by atoms with Crippen molar-refractivity contribution in [3.05, 3.63) is 88.7 Å². The van der Waals surface area contributed by atoms with Crippen molar-refractivity contribution in [2.75, 3.05) is 13.1 Å². The van der Waals surface area contributed by atoms with Crippen molar-refractivity contribution < 1.29 is 4.79 Å². The number of hydrogen-bond donors (Lipinski definition) is 2. The van der Waals surface area contributed by atoms with Gasteiger partial charge >= 0.3 is 0 Å². The normalized spacial score (nSPS) is 16.2. The third-order valence-electron chi connectivity index (χ3n) is 5.51. The van der Waals surface area contributed by atoms with E-state index in [1.54, 1.807) is 0 Å². The van der Waals surface area contributed by atoms with Crippen molar-refractivity contribution in [3.63, 3.8) is 0 Å². The molecule has 0 radical (unpaired) electrons. The molecule has 0 bridgehead atoms. The number of nitrogens with zero attached hydrogens (tertiary/aromatic N) is 2. The van der Waals surface area contributed by atoms with E-state index in [0.717, 1.165) is 37.1 Å². The van der Waals surface area contributed by atoms with E-state index in [0.29, 0.717) is 11.7 Å². The highest BCUT2D eigenvalue weighted by Gasteiger charge is 2.21. The molecule has 6 heteroatoms. The van der Waals surface area contributed by atoms with Crippen LogP contribution in [0.3, 0.4) is 0 Å². The van der Waals surface area contributed by atoms with Gasteiger partial charge in [-0.1, -0.05) is 59.7 Å². The average Bonchev–Trinajstić information content (AvgIpc) is 3.23. The minimum absolute atomic E-state index is 0. The van der Waals surface area contributed by atoms with Crippen LogP contribution in [-0.4, -0.2) is 28.8 Å². The van der Waals surface area contributed by atoms with E-state index in [1.165, 1.54) is 11.1 Å². The zero-order valence-electron chi connectivity index (χ0n) is 17.5. The van der Waals surface area contributed by atoms with E-state index in [1.807, 2.05) is 29.1 Å². The van der Waals surface area contributed by atoms with Crippen molar-refractivity contribution in [1.82, 2.24) is 20.4 Å². The fourth-order valence-corrected chi connectivity index (χ4v) is 3.99.